The number of hydrogen-bond donors (Lipinski definition) is 1. The zero-order valence-corrected chi connectivity index (χ0v) is 14.4. The molecule has 1 rings (SSSR count). The summed E-state index contributed by atoms with van der Waals surface area (Å²) < 4.78 is 7.54. The van der Waals surface area contributed by atoms with Crippen LogP contribution in [0.1, 0.15) is 31.9 Å². The van der Waals surface area contributed by atoms with Crippen molar-refractivity contribution < 1.29 is 4.74 Å². The molecule has 5 heteroatoms. The summed E-state index contributed by atoms with van der Waals surface area (Å²) in [5.41, 5.74) is 1.34. The molecular weight excluding hydrogens is 366 g/mol. The number of ether oxygens (including phenoxy) is 1. The molecule has 0 radical (unpaired) electrons. The van der Waals surface area contributed by atoms with Gasteiger partial charge in [-0.3, -0.25) is 0 Å². The quantitative estimate of drug-likeness (QED) is 0.741. The van der Waals surface area contributed by atoms with E-state index in [2.05, 4.69) is 57.1 Å². The van der Waals surface area contributed by atoms with Gasteiger partial charge < -0.3 is 10.1 Å². The van der Waals surface area contributed by atoms with Crippen molar-refractivity contribution in [2.75, 3.05) is 20.3 Å². The summed E-state index contributed by atoms with van der Waals surface area (Å²) in [6, 6.07) is 2.58. The van der Waals surface area contributed by atoms with Gasteiger partial charge in [-0.15, -0.1) is 11.3 Å². The zero-order valence-electron chi connectivity index (χ0n) is 10.4. The van der Waals surface area contributed by atoms with Crippen LogP contribution in [0.5, 0.6) is 0 Å². The first-order chi connectivity index (χ1) is 8.10. The molecule has 0 aliphatic carbocycles. The standard InChI is InChI=1S/C12H19Br2NOS/c1-4-15-11(8(2)5-6-16-3)9-7-10(13)17-12(9)14/h7-8,11,15H,4-6H2,1-3H3. The number of hydrogen-bond acceptors (Lipinski definition) is 3. The summed E-state index contributed by atoms with van der Waals surface area (Å²) in [5, 5.41) is 3.56. The van der Waals surface area contributed by atoms with E-state index >= 15 is 0 Å². The second-order valence-electron chi connectivity index (χ2n) is 4.07. The van der Waals surface area contributed by atoms with Crippen LogP contribution in [-0.2, 0) is 4.74 Å². The van der Waals surface area contributed by atoms with Crippen LogP contribution >= 0.6 is 43.2 Å². The first-order valence-electron chi connectivity index (χ1n) is 5.77. The fraction of sp³-hybridized carbons (Fsp3) is 0.667. The van der Waals surface area contributed by atoms with Crippen LogP contribution in [0, 0.1) is 5.92 Å². The number of rotatable bonds is 7. The van der Waals surface area contributed by atoms with Crippen molar-refractivity contribution in [1.82, 2.24) is 5.32 Å². The van der Waals surface area contributed by atoms with Gasteiger partial charge in [0.05, 0.1) is 7.57 Å². The second-order valence-corrected chi connectivity index (χ2v) is 7.82. The zero-order chi connectivity index (χ0) is 12.8. The van der Waals surface area contributed by atoms with Gasteiger partial charge in [-0.1, -0.05) is 13.8 Å². The Morgan fingerprint density at radius 2 is 2.18 bits per heavy atom. The maximum atomic E-state index is 5.17. The third-order valence-corrected chi connectivity index (χ3v) is 5.17. The average Bonchev–Trinajstić information content (AvgIpc) is 2.62. The molecule has 1 N–H and O–H groups in total. The molecule has 0 bridgehead atoms. The summed E-state index contributed by atoms with van der Waals surface area (Å²) in [7, 11) is 1.76. The van der Waals surface area contributed by atoms with E-state index in [0.29, 0.717) is 12.0 Å². The van der Waals surface area contributed by atoms with E-state index in [0.717, 1.165) is 19.6 Å². The highest BCUT2D eigenvalue weighted by Gasteiger charge is 2.22. The lowest BCUT2D eigenvalue weighted by atomic mass is 9.94. The molecule has 2 atom stereocenters. The molecule has 0 aliphatic rings. The SMILES string of the molecule is CCNC(c1cc(Br)sc1Br)C(C)CCOC. The second kappa shape index (κ2) is 7.89. The van der Waals surface area contributed by atoms with Crippen LogP contribution in [0.2, 0.25) is 0 Å². The van der Waals surface area contributed by atoms with Crippen molar-refractivity contribution in [1.29, 1.82) is 0 Å². The average molecular weight is 385 g/mol. The van der Waals surface area contributed by atoms with E-state index in [1.165, 1.54) is 13.1 Å². The summed E-state index contributed by atoms with van der Waals surface area (Å²) in [5.74, 6) is 0.549. The lowest BCUT2D eigenvalue weighted by Gasteiger charge is -2.24. The van der Waals surface area contributed by atoms with Crippen LogP contribution in [0.4, 0.5) is 0 Å². The number of nitrogens with one attached hydrogen (secondary N) is 1. The molecule has 2 unspecified atom stereocenters. The molecule has 1 aromatic rings. The van der Waals surface area contributed by atoms with Crippen LogP contribution in [-0.4, -0.2) is 20.3 Å². The first-order valence-corrected chi connectivity index (χ1v) is 8.17. The van der Waals surface area contributed by atoms with E-state index in [9.17, 15) is 0 Å². The Balaban J connectivity index is 2.80. The van der Waals surface area contributed by atoms with Gasteiger partial charge in [0.1, 0.15) is 0 Å². The van der Waals surface area contributed by atoms with E-state index in [1.54, 1.807) is 18.4 Å². The smallest absolute Gasteiger partial charge is 0.0758 e. The third kappa shape index (κ3) is 4.63. The predicted octanol–water partition coefficient (Wildman–Crippen LogP) is 4.60. The monoisotopic (exact) mass is 383 g/mol. The Morgan fingerprint density at radius 3 is 2.65 bits per heavy atom. The van der Waals surface area contributed by atoms with Gasteiger partial charge in [-0.25, -0.2) is 0 Å². The van der Waals surface area contributed by atoms with Crippen molar-refractivity contribution in [2.24, 2.45) is 5.92 Å². The van der Waals surface area contributed by atoms with Gasteiger partial charge in [-0.2, -0.15) is 0 Å². The molecule has 17 heavy (non-hydrogen) atoms. The molecule has 0 amide bonds. The molecule has 0 aliphatic heterocycles. The summed E-state index contributed by atoms with van der Waals surface area (Å²) in [6.07, 6.45) is 1.06. The van der Waals surface area contributed by atoms with E-state index in [-0.39, 0.29) is 0 Å². The van der Waals surface area contributed by atoms with Crippen LogP contribution in [0.3, 0.4) is 0 Å². The van der Waals surface area contributed by atoms with Crippen molar-refractivity contribution in [3.8, 4) is 0 Å². The van der Waals surface area contributed by atoms with E-state index in [1.807, 2.05) is 0 Å². The molecule has 0 saturated heterocycles. The van der Waals surface area contributed by atoms with E-state index in [4.69, 9.17) is 4.74 Å². The highest BCUT2D eigenvalue weighted by atomic mass is 79.9. The summed E-state index contributed by atoms with van der Waals surface area (Å²) in [6.45, 7) is 6.20. The Morgan fingerprint density at radius 1 is 1.47 bits per heavy atom. The van der Waals surface area contributed by atoms with Gasteiger partial charge >= 0.3 is 0 Å². The largest absolute Gasteiger partial charge is 0.385 e. The van der Waals surface area contributed by atoms with E-state index < -0.39 is 0 Å². The molecule has 0 spiro atoms. The minimum Gasteiger partial charge on any atom is -0.385 e. The number of methoxy groups -OCH3 is 1. The molecule has 1 heterocycles. The molecular formula is C12H19Br2NOS. The highest BCUT2D eigenvalue weighted by Crippen LogP contribution is 2.38. The highest BCUT2D eigenvalue weighted by molar-refractivity contribution is 9.12. The lowest BCUT2D eigenvalue weighted by molar-refractivity contribution is 0.170. The molecule has 2 nitrogen and oxygen atoms in total. The maximum absolute atomic E-state index is 5.17. The van der Waals surface area contributed by atoms with Crippen LogP contribution in [0.25, 0.3) is 0 Å². The molecule has 0 fully saturated rings. The van der Waals surface area contributed by atoms with Gasteiger partial charge in [0, 0.05) is 19.8 Å². The minimum atomic E-state index is 0.382. The van der Waals surface area contributed by atoms with Crippen molar-refractivity contribution in [3.05, 3.63) is 19.2 Å². The van der Waals surface area contributed by atoms with Crippen molar-refractivity contribution >= 4 is 43.2 Å². The van der Waals surface area contributed by atoms with Gasteiger partial charge in [-0.05, 0) is 62.4 Å². The first kappa shape index (κ1) is 15.6. The Hall–Kier alpha value is 0.580. The fourth-order valence-corrected chi connectivity index (χ4v) is 4.80. The predicted molar refractivity (Wildman–Crippen MR) is 81.8 cm³/mol. The normalized spacial score (nSPS) is 14.9. The molecule has 1 aromatic heterocycles. The Kier molecular flexibility index (Phi) is 7.26. The number of halogens is 2. The molecule has 0 aromatic carbocycles. The summed E-state index contributed by atoms with van der Waals surface area (Å²) >= 11 is 8.91. The van der Waals surface area contributed by atoms with Gasteiger partial charge in [0.15, 0.2) is 0 Å². The van der Waals surface area contributed by atoms with Gasteiger partial charge in [0.25, 0.3) is 0 Å². The molecule has 0 saturated carbocycles. The number of thiophene rings is 1. The van der Waals surface area contributed by atoms with Crippen molar-refractivity contribution in [3.63, 3.8) is 0 Å². The fourth-order valence-electron chi connectivity index (χ4n) is 1.87. The third-order valence-electron chi connectivity index (χ3n) is 2.79. The minimum absolute atomic E-state index is 0.382. The topological polar surface area (TPSA) is 21.3 Å². The Labute approximate surface area is 124 Å². The van der Waals surface area contributed by atoms with Gasteiger partial charge in [0.2, 0.25) is 0 Å². The summed E-state index contributed by atoms with van der Waals surface area (Å²) in [4.78, 5) is 0. The molecule has 98 valence electrons. The Bertz CT molecular complexity index is 343. The van der Waals surface area contributed by atoms with Crippen molar-refractivity contribution in [2.45, 2.75) is 26.3 Å². The maximum Gasteiger partial charge on any atom is 0.0758 e. The van der Waals surface area contributed by atoms with Crippen LogP contribution < -0.4 is 5.32 Å². The lowest BCUT2D eigenvalue weighted by Crippen LogP contribution is -2.27. The van der Waals surface area contributed by atoms with Crippen LogP contribution in [0.15, 0.2) is 13.6 Å².